The maximum absolute atomic E-state index is 13.3. The molecule has 8 heteroatoms. The van der Waals surface area contributed by atoms with Crippen LogP contribution in [0, 0.1) is 5.82 Å². The van der Waals surface area contributed by atoms with Crippen molar-refractivity contribution in [2.75, 3.05) is 13.2 Å². The third kappa shape index (κ3) is 5.23. The van der Waals surface area contributed by atoms with E-state index < -0.39 is 30.3 Å². The smallest absolute Gasteiger partial charge is 0.258 e. The van der Waals surface area contributed by atoms with Gasteiger partial charge in [-0.05, 0) is 18.2 Å². The topological polar surface area (TPSA) is 102 Å². The Balaban J connectivity index is 2.40. The van der Waals surface area contributed by atoms with Crippen molar-refractivity contribution in [3.05, 3.63) is 28.5 Å². The van der Waals surface area contributed by atoms with E-state index in [1.54, 1.807) is 6.07 Å². The van der Waals surface area contributed by atoms with Crippen molar-refractivity contribution in [1.82, 2.24) is 5.32 Å². The molecule has 0 aliphatic rings. The largest absolute Gasteiger partial charge is 0.481 e. The molecule has 0 spiro atoms. The normalized spacial score (nSPS) is 11.7. The number of halogens is 2. The molecule has 104 valence electrons. The molecule has 0 fully saturated rings. The van der Waals surface area contributed by atoms with Crippen molar-refractivity contribution in [3.63, 3.8) is 0 Å². The molecule has 1 rings (SSSR count). The SMILES string of the molecule is NC(=O)C(O)CNC(=O)COc1ccc(Br)cc1F. The van der Waals surface area contributed by atoms with Gasteiger partial charge in [0.25, 0.3) is 5.91 Å². The van der Waals surface area contributed by atoms with Crippen molar-refractivity contribution in [2.45, 2.75) is 6.10 Å². The summed E-state index contributed by atoms with van der Waals surface area (Å²) in [6, 6.07) is 4.13. The van der Waals surface area contributed by atoms with Crippen molar-refractivity contribution < 1.29 is 23.8 Å². The number of ether oxygens (including phenoxy) is 1. The number of primary amides is 1. The lowest BCUT2D eigenvalue weighted by molar-refractivity contribution is -0.127. The van der Waals surface area contributed by atoms with Gasteiger partial charge in [-0.2, -0.15) is 0 Å². The molecule has 2 amide bonds. The van der Waals surface area contributed by atoms with Gasteiger partial charge in [0, 0.05) is 4.47 Å². The van der Waals surface area contributed by atoms with Crippen molar-refractivity contribution in [3.8, 4) is 5.75 Å². The molecule has 0 aromatic heterocycles. The molecule has 1 aromatic carbocycles. The summed E-state index contributed by atoms with van der Waals surface area (Å²) >= 11 is 3.08. The van der Waals surface area contributed by atoms with Crippen LogP contribution in [-0.4, -0.2) is 36.2 Å². The number of carbonyl (C=O) groups excluding carboxylic acids is 2. The Morgan fingerprint density at radius 1 is 1.53 bits per heavy atom. The van der Waals surface area contributed by atoms with E-state index >= 15 is 0 Å². The monoisotopic (exact) mass is 334 g/mol. The molecule has 0 saturated heterocycles. The maximum atomic E-state index is 13.3. The van der Waals surface area contributed by atoms with Gasteiger partial charge >= 0.3 is 0 Å². The summed E-state index contributed by atoms with van der Waals surface area (Å²) in [6.45, 7) is -0.760. The van der Waals surface area contributed by atoms with Crippen LogP contribution in [0.3, 0.4) is 0 Å². The number of hydrogen-bond donors (Lipinski definition) is 3. The van der Waals surface area contributed by atoms with Crippen LogP contribution in [0.4, 0.5) is 4.39 Å². The molecule has 1 aromatic rings. The Labute approximate surface area is 116 Å². The van der Waals surface area contributed by atoms with Gasteiger partial charge in [-0.3, -0.25) is 9.59 Å². The first kappa shape index (κ1) is 15.4. The summed E-state index contributed by atoms with van der Waals surface area (Å²) in [5, 5.41) is 11.3. The molecule has 6 nitrogen and oxygen atoms in total. The lowest BCUT2D eigenvalue weighted by atomic mass is 10.3. The minimum atomic E-state index is -1.46. The Hall–Kier alpha value is -1.67. The molecule has 1 atom stereocenters. The van der Waals surface area contributed by atoms with Gasteiger partial charge in [0.2, 0.25) is 5.91 Å². The summed E-state index contributed by atoms with van der Waals surface area (Å²) in [5.74, 6) is -2.24. The van der Waals surface area contributed by atoms with Crippen molar-refractivity contribution >= 4 is 27.7 Å². The number of carbonyl (C=O) groups is 2. The molecule has 0 bridgehead atoms. The van der Waals surface area contributed by atoms with E-state index in [-0.39, 0.29) is 12.3 Å². The van der Waals surface area contributed by atoms with E-state index in [9.17, 15) is 14.0 Å². The van der Waals surface area contributed by atoms with Crippen LogP contribution in [0.25, 0.3) is 0 Å². The Morgan fingerprint density at radius 2 is 2.21 bits per heavy atom. The standard InChI is InChI=1S/C11H12BrFN2O4/c12-6-1-2-9(7(13)3-6)19-5-10(17)15-4-8(16)11(14)18/h1-3,8,16H,4-5H2,(H2,14,18)(H,15,17). The first-order valence-electron chi connectivity index (χ1n) is 5.22. The molecule has 1 unspecified atom stereocenters. The number of nitrogens with two attached hydrogens (primary N) is 1. The summed E-state index contributed by atoms with van der Waals surface area (Å²) in [5.41, 5.74) is 4.80. The maximum Gasteiger partial charge on any atom is 0.258 e. The molecular weight excluding hydrogens is 323 g/mol. The summed E-state index contributed by atoms with van der Waals surface area (Å²) in [6.07, 6.45) is -1.46. The van der Waals surface area contributed by atoms with E-state index in [0.29, 0.717) is 4.47 Å². The third-order valence-corrected chi connectivity index (χ3v) is 2.57. The zero-order chi connectivity index (χ0) is 14.4. The van der Waals surface area contributed by atoms with Crippen LogP contribution in [0.2, 0.25) is 0 Å². The quantitative estimate of drug-likeness (QED) is 0.677. The van der Waals surface area contributed by atoms with E-state index in [2.05, 4.69) is 21.2 Å². The highest BCUT2D eigenvalue weighted by atomic mass is 79.9. The van der Waals surface area contributed by atoms with E-state index in [1.807, 2.05) is 0 Å². The Kier molecular flexibility index (Phi) is 5.71. The summed E-state index contributed by atoms with van der Waals surface area (Å²) in [4.78, 5) is 21.8. The van der Waals surface area contributed by atoms with Crippen molar-refractivity contribution in [2.24, 2.45) is 5.73 Å². The van der Waals surface area contributed by atoms with Crippen LogP contribution in [-0.2, 0) is 9.59 Å². The number of benzene rings is 1. The van der Waals surface area contributed by atoms with Gasteiger partial charge < -0.3 is 20.9 Å². The van der Waals surface area contributed by atoms with Gasteiger partial charge in [-0.15, -0.1) is 0 Å². The molecule has 0 aliphatic carbocycles. The Bertz CT molecular complexity index is 484. The highest BCUT2D eigenvalue weighted by Gasteiger charge is 2.13. The fourth-order valence-corrected chi connectivity index (χ4v) is 1.43. The highest BCUT2D eigenvalue weighted by Crippen LogP contribution is 2.21. The van der Waals surface area contributed by atoms with Crippen LogP contribution >= 0.6 is 15.9 Å². The van der Waals surface area contributed by atoms with Crippen LogP contribution in [0.5, 0.6) is 5.75 Å². The zero-order valence-corrected chi connectivity index (χ0v) is 11.3. The van der Waals surface area contributed by atoms with Gasteiger partial charge in [-0.25, -0.2) is 4.39 Å². The molecule has 19 heavy (non-hydrogen) atoms. The fourth-order valence-electron chi connectivity index (χ4n) is 1.10. The number of aliphatic hydroxyl groups excluding tert-OH is 1. The third-order valence-electron chi connectivity index (χ3n) is 2.07. The van der Waals surface area contributed by atoms with Gasteiger partial charge in [-0.1, -0.05) is 15.9 Å². The van der Waals surface area contributed by atoms with E-state index in [1.165, 1.54) is 12.1 Å². The predicted octanol–water partition coefficient (Wildman–Crippen LogP) is -0.0706. The second-order valence-electron chi connectivity index (χ2n) is 3.59. The number of rotatable bonds is 6. The Morgan fingerprint density at radius 3 is 2.79 bits per heavy atom. The summed E-state index contributed by atoms with van der Waals surface area (Å²) < 4.78 is 18.8. The number of hydrogen-bond acceptors (Lipinski definition) is 4. The second kappa shape index (κ2) is 7.05. The lowest BCUT2D eigenvalue weighted by Gasteiger charge is -2.10. The minimum absolute atomic E-state index is 0.0752. The lowest BCUT2D eigenvalue weighted by Crippen LogP contribution is -2.41. The molecule has 4 N–H and O–H groups in total. The van der Waals surface area contributed by atoms with Gasteiger partial charge in [0.1, 0.15) is 6.10 Å². The predicted molar refractivity (Wildman–Crippen MR) is 67.8 cm³/mol. The van der Waals surface area contributed by atoms with E-state index in [0.717, 1.165) is 0 Å². The molecule has 0 radical (unpaired) electrons. The summed E-state index contributed by atoms with van der Waals surface area (Å²) in [7, 11) is 0. The first-order chi connectivity index (χ1) is 8.90. The van der Waals surface area contributed by atoms with Gasteiger partial charge in [0.05, 0.1) is 6.54 Å². The number of nitrogens with one attached hydrogen (secondary N) is 1. The average molecular weight is 335 g/mol. The van der Waals surface area contributed by atoms with Crippen LogP contribution in [0.1, 0.15) is 0 Å². The van der Waals surface area contributed by atoms with Crippen LogP contribution in [0.15, 0.2) is 22.7 Å². The van der Waals surface area contributed by atoms with E-state index in [4.69, 9.17) is 15.6 Å². The van der Waals surface area contributed by atoms with Gasteiger partial charge in [0.15, 0.2) is 18.2 Å². The second-order valence-corrected chi connectivity index (χ2v) is 4.50. The number of amides is 2. The molecular formula is C11H12BrFN2O4. The zero-order valence-electron chi connectivity index (χ0n) is 9.73. The molecule has 0 saturated carbocycles. The molecule has 0 heterocycles. The first-order valence-corrected chi connectivity index (χ1v) is 6.01. The minimum Gasteiger partial charge on any atom is -0.481 e. The number of aliphatic hydroxyl groups is 1. The van der Waals surface area contributed by atoms with Crippen molar-refractivity contribution in [1.29, 1.82) is 0 Å². The van der Waals surface area contributed by atoms with Crippen LogP contribution < -0.4 is 15.8 Å². The average Bonchev–Trinajstić information content (AvgIpc) is 2.34. The highest BCUT2D eigenvalue weighted by molar-refractivity contribution is 9.10. The fraction of sp³-hybridized carbons (Fsp3) is 0.273. The molecule has 0 aliphatic heterocycles.